The number of likely N-dealkylation sites (tertiary alicyclic amines) is 1. The van der Waals surface area contributed by atoms with Crippen LogP contribution in [0.25, 0.3) is 0 Å². The summed E-state index contributed by atoms with van der Waals surface area (Å²) in [5.41, 5.74) is 3.13. The normalized spacial score (nSPS) is 23.9. The minimum Gasteiger partial charge on any atom is -0.379 e. The number of hydrogen-bond acceptors (Lipinski definition) is 5. The van der Waals surface area contributed by atoms with E-state index in [1.807, 2.05) is 36.9 Å². The average Bonchev–Trinajstić information content (AvgIpc) is 3.04. The summed E-state index contributed by atoms with van der Waals surface area (Å²) in [5, 5.41) is 4.07. The van der Waals surface area contributed by atoms with Crippen LogP contribution in [0.4, 0.5) is 0 Å². The molecule has 6 nitrogen and oxygen atoms in total. The highest BCUT2D eigenvalue weighted by molar-refractivity contribution is 5.79. The summed E-state index contributed by atoms with van der Waals surface area (Å²) in [7, 11) is 0. The average molecular weight is 369 g/mol. The molecule has 3 heterocycles. The van der Waals surface area contributed by atoms with Gasteiger partial charge in [-0.1, -0.05) is 35.5 Å². The molecule has 1 spiro atoms. The van der Waals surface area contributed by atoms with Gasteiger partial charge in [-0.15, -0.1) is 0 Å². The van der Waals surface area contributed by atoms with Gasteiger partial charge < -0.3 is 14.2 Å². The molecular weight excluding hydrogens is 342 g/mol. The van der Waals surface area contributed by atoms with E-state index in [9.17, 15) is 4.79 Å². The van der Waals surface area contributed by atoms with Gasteiger partial charge in [0.05, 0.1) is 18.9 Å². The molecule has 0 unspecified atom stereocenters. The molecule has 6 heteroatoms. The van der Waals surface area contributed by atoms with Gasteiger partial charge in [-0.25, -0.2) is 0 Å². The van der Waals surface area contributed by atoms with Crippen LogP contribution < -0.4 is 0 Å². The summed E-state index contributed by atoms with van der Waals surface area (Å²) in [5.74, 6) is 1.10. The van der Waals surface area contributed by atoms with Crippen molar-refractivity contribution in [1.29, 1.82) is 0 Å². The van der Waals surface area contributed by atoms with Crippen molar-refractivity contribution in [1.82, 2.24) is 15.0 Å². The first-order valence-electron chi connectivity index (χ1n) is 9.58. The summed E-state index contributed by atoms with van der Waals surface area (Å²) in [6, 6.07) is 10.2. The molecule has 27 heavy (non-hydrogen) atoms. The molecule has 0 saturated carbocycles. The van der Waals surface area contributed by atoms with E-state index in [1.54, 1.807) is 0 Å². The Morgan fingerprint density at radius 1 is 1.15 bits per heavy atom. The van der Waals surface area contributed by atoms with Crippen LogP contribution in [0.1, 0.15) is 29.0 Å². The van der Waals surface area contributed by atoms with Gasteiger partial charge >= 0.3 is 0 Å². The molecular formula is C21H27N3O3. The predicted molar refractivity (Wildman–Crippen MR) is 101 cm³/mol. The molecule has 144 valence electrons. The molecule has 0 radical (unpaired) electrons. The molecule has 0 bridgehead atoms. The fourth-order valence-electron chi connectivity index (χ4n) is 4.30. The van der Waals surface area contributed by atoms with Crippen molar-refractivity contribution in [2.24, 2.45) is 5.41 Å². The lowest BCUT2D eigenvalue weighted by atomic mass is 9.87. The first kappa shape index (κ1) is 18.2. The second kappa shape index (κ2) is 7.44. The van der Waals surface area contributed by atoms with E-state index in [1.165, 1.54) is 5.56 Å². The molecule has 2 fully saturated rings. The van der Waals surface area contributed by atoms with Crippen molar-refractivity contribution in [3.63, 3.8) is 0 Å². The Hall–Kier alpha value is -2.18. The Balaban J connectivity index is 1.47. The number of nitrogens with zero attached hydrogens (tertiary/aromatic N) is 3. The fraction of sp³-hybridized carbons (Fsp3) is 0.524. The number of aryl methyl sites for hydroxylation is 2. The van der Waals surface area contributed by atoms with Crippen LogP contribution in [0.5, 0.6) is 0 Å². The lowest BCUT2D eigenvalue weighted by molar-refractivity contribution is -0.128. The number of benzene rings is 1. The maximum Gasteiger partial charge on any atom is 0.223 e. The zero-order valence-corrected chi connectivity index (χ0v) is 16.1. The van der Waals surface area contributed by atoms with Crippen LogP contribution >= 0.6 is 0 Å². The lowest BCUT2D eigenvalue weighted by Crippen LogP contribution is -2.40. The number of amides is 1. The highest BCUT2D eigenvalue weighted by Gasteiger charge is 2.45. The summed E-state index contributed by atoms with van der Waals surface area (Å²) in [6.07, 6.45) is 0.554. The molecule has 2 saturated heterocycles. The predicted octanol–water partition coefficient (Wildman–Crippen LogP) is 2.54. The number of hydrogen-bond donors (Lipinski definition) is 0. The van der Waals surface area contributed by atoms with Crippen molar-refractivity contribution >= 4 is 5.91 Å². The van der Waals surface area contributed by atoms with Gasteiger partial charge in [0.1, 0.15) is 5.76 Å². The van der Waals surface area contributed by atoms with Gasteiger partial charge in [0.2, 0.25) is 5.91 Å². The third kappa shape index (κ3) is 3.92. The van der Waals surface area contributed by atoms with E-state index in [-0.39, 0.29) is 11.3 Å². The Morgan fingerprint density at radius 2 is 1.96 bits per heavy atom. The van der Waals surface area contributed by atoms with Gasteiger partial charge in [0.15, 0.2) is 0 Å². The third-order valence-electron chi connectivity index (χ3n) is 5.70. The largest absolute Gasteiger partial charge is 0.379 e. The molecule has 1 aromatic heterocycles. The van der Waals surface area contributed by atoms with E-state index in [4.69, 9.17) is 9.26 Å². The molecule has 2 aliphatic rings. The first-order chi connectivity index (χ1) is 13.0. The maximum atomic E-state index is 12.7. The highest BCUT2D eigenvalue weighted by atomic mass is 16.5. The first-order valence-corrected chi connectivity index (χ1v) is 9.58. The molecule has 1 aromatic carbocycles. The van der Waals surface area contributed by atoms with Crippen molar-refractivity contribution in [2.45, 2.75) is 33.4 Å². The molecule has 0 N–H and O–H groups in total. The van der Waals surface area contributed by atoms with Crippen LogP contribution in [0.2, 0.25) is 0 Å². The zero-order valence-electron chi connectivity index (χ0n) is 16.1. The summed E-state index contributed by atoms with van der Waals surface area (Å²) < 4.78 is 11.2. The van der Waals surface area contributed by atoms with E-state index >= 15 is 0 Å². The molecule has 2 aromatic rings. The van der Waals surface area contributed by atoms with Crippen LogP contribution in [0.3, 0.4) is 0 Å². The number of rotatable bonds is 4. The molecule has 2 aliphatic heterocycles. The molecule has 0 aliphatic carbocycles. The Bertz CT molecular complexity index is 785. The Kier molecular flexibility index (Phi) is 5.02. The number of carbonyl (C=O) groups is 1. The van der Waals surface area contributed by atoms with Gasteiger partial charge in [-0.05, 0) is 19.4 Å². The number of ether oxygens (including phenoxy) is 1. The van der Waals surface area contributed by atoms with Gasteiger partial charge in [-0.2, -0.15) is 0 Å². The van der Waals surface area contributed by atoms with Crippen LogP contribution in [0.15, 0.2) is 34.9 Å². The minimum absolute atomic E-state index is 0.138. The fourth-order valence-corrected chi connectivity index (χ4v) is 4.30. The summed E-state index contributed by atoms with van der Waals surface area (Å²) in [4.78, 5) is 17.1. The molecule has 1 atom stereocenters. The standard InChI is InChI=1S/C21H27N3O3/c1-16-19(17(2)27-22-16)12-23-8-9-26-15-21(13-23)10-20(25)24(14-21)11-18-6-4-3-5-7-18/h3-7H,8-15H2,1-2H3/t21-/m0/s1. The summed E-state index contributed by atoms with van der Waals surface area (Å²) in [6.45, 7) is 9.20. The zero-order chi connectivity index (χ0) is 18.9. The molecule has 4 rings (SSSR count). The monoisotopic (exact) mass is 369 g/mol. The van der Waals surface area contributed by atoms with Gasteiger partial charge in [0.25, 0.3) is 0 Å². The van der Waals surface area contributed by atoms with Crippen molar-refractivity contribution in [3.8, 4) is 0 Å². The Morgan fingerprint density at radius 3 is 2.70 bits per heavy atom. The molecule has 1 amide bonds. The van der Waals surface area contributed by atoms with Crippen LogP contribution in [-0.2, 0) is 22.6 Å². The van der Waals surface area contributed by atoms with Crippen molar-refractivity contribution in [3.05, 3.63) is 52.9 Å². The second-order valence-corrected chi connectivity index (χ2v) is 7.98. The summed E-state index contributed by atoms with van der Waals surface area (Å²) >= 11 is 0. The maximum absolute atomic E-state index is 12.7. The second-order valence-electron chi connectivity index (χ2n) is 7.98. The lowest BCUT2D eigenvalue weighted by Gasteiger charge is -2.31. The van der Waals surface area contributed by atoms with Gasteiger partial charge in [0, 0.05) is 50.1 Å². The Labute approximate surface area is 160 Å². The van der Waals surface area contributed by atoms with E-state index in [0.717, 1.165) is 43.2 Å². The van der Waals surface area contributed by atoms with Crippen molar-refractivity contribution in [2.75, 3.05) is 32.8 Å². The third-order valence-corrected chi connectivity index (χ3v) is 5.70. The van der Waals surface area contributed by atoms with E-state index in [0.29, 0.717) is 26.2 Å². The quantitative estimate of drug-likeness (QED) is 0.829. The van der Waals surface area contributed by atoms with Crippen LogP contribution in [0, 0.1) is 19.3 Å². The van der Waals surface area contributed by atoms with E-state index < -0.39 is 0 Å². The topological polar surface area (TPSA) is 58.8 Å². The van der Waals surface area contributed by atoms with Crippen molar-refractivity contribution < 1.29 is 14.1 Å². The van der Waals surface area contributed by atoms with E-state index in [2.05, 4.69) is 22.2 Å². The number of aromatic nitrogens is 1. The van der Waals surface area contributed by atoms with Crippen LogP contribution in [-0.4, -0.2) is 53.7 Å². The SMILES string of the molecule is Cc1noc(C)c1CN1CCOC[C@@]2(CC(=O)N(Cc3ccccc3)C2)C1. The van der Waals surface area contributed by atoms with Gasteiger partial charge in [-0.3, -0.25) is 9.69 Å². The number of carbonyl (C=O) groups excluding carboxylic acids is 1. The smallest absolute Gasteiger partial charge is 0.223 e. The minimum atomic E-state index is -0.138. The highest BCUT2D eigenvalue weighted by Crippen LogP contribution is 2.35.